The highest BCUT2D eigenvalue weighted by Crippen LogP contribution is 2.33. The molecule has 0 unspecified atom stereocenters. The third-order valence-corrected chi connectivity index (χ3v) is 5.40. The summed E-state index contributed by atoms with van der Waals surface area (Å²) in [5.41, 5.74) is 4.32. The Hall–Kier alpha value is -2.12. The first-order chi connectivity index (χ1) is 12.5. The van der Waals surface area contributed by atoms with Crippen LogP contribution in [-0.4, -0.2) is 4.98 Å². The summed E-state index contributed by atoms with van der Waals surface area (Å²) in [5.74, 6) is 0.481. The van der Waals surface area contributed by atoms with Crippen LogP contribution in [0.3, 0.4) is 0 Å². The third kappa shape index (κ3) is 4.16. The average Bonchev–Trinajstić information content (AvgIpc) is 3.09. The zero-order valence-electron chi connectivity index (χ0n) is 14.3. The van der Waals surface area contributed by atoms with Crippen LogP contribution in [0.2, 0.25) is 10.0 Å². The Labute approximate surface area is 167 Å². The lowest BCUT2D eigenvalue weighted by molar-refractivity contribution is 0.866. The number of aromatic nitrogens is 1. The molecule has 1 aromatic heterocycles. The molecule has 3 aromatic rings. The van der Waals surface area contributed by atoms with Gasteiger partial charge in [-0.15, -0.1) is 11.3 Å². The van der Waals surface area contributed by atoms with E-state index < -0.39 is 0 Å². The van der Waals surface area contributed by atoms with Crippen molar-refractivity contribution in [1.82, 2.24) is 4.98 Å². The molecule has 130 valence electrons. The van der Waals surface area contributed by atoms with E-state index >= 15 is 0 Å². The second-order valence-electron chi connectivity index (χ2n) is 6.15. The fourth-order valence-electron chi connectivity index (χ4n) is 2.50. The van der Waals surface area contributed by atoms with Gasteiger partial charge in [-0.25, -0.2) is 4.98 Å². The number of nitrogens with zero attached hydrogens (tertiary/aromatic N) is 2. The van der Waals surface area contributed by atoms with Crippen LogP contribution in [0.1, 0.15) is 35.9 Å². The predicted octanol–water partition coefficient (Wildman–Crippen LogP) is 7.30. The molecular formula is C21H16Cl2N2S. The molecule has 0 amide bonds. The summed E-state index contributed by atoms with van der Waals surface area (Å²) in [5, 5.41) is 13.3. The van der Waals surface area contributed by atoms with Gasteiger partial charge in [0, 0.05) is 16.0 Å². The van der Waals surface area contributed by atoms with Gasteiger partial charge in [0.2, 0.25) is 0 Å². The van der Waals surface area contributed by atoms with Crippen molar-refractivity contribution in [3.05, 3.63) is 74.0 Å². The van der Waals surface area contributed by atoms with Crippen LogP contribution in [0.4, 0.5) is 0 Å². The van der Waals surface area contributed by atoms with Crippen molar-refractivity contribution in [3.8, 4) is 17.3 Å². The van der Waals surface area contributed by atoms with Gasteiger partial charge in [-0.2, -0.15) is 5.26 Å². The van der Waals surface area contributed by atoms with E-state index in [0.717, 1.165) is 16.8 Å². The van der Waals surface area contributed by atoms with Crippen molar-refractivity contribution < 1.29 is 0 Å². The predicted molar refractivity (Wildman–Crippen MR) is 112 cm³/mol. The van der Waals surface area contributed by atoms with Crippen molar-refractivity contribution in [1.29, 1.82) is 5.26 Å². The van der Waals surface area contributed by atoms with Crippen molar-refractivity contribution in [2.45, 2.75) is 19.8 Å². The van der Waals surface area contributed by atoms with Crippen LogP contribution in [0.25, 0.3) is 22.9 Å². The quantitative estimate of drug-likeness (QED) is 0.432. The summed E-state index contributed by atoms with van der Waals surface area (Å²) in [6, 6.07) is 15.8. The molecule has 0 atom stereocenters. The monoisotopic (exact) mass is 398 g/mol. The van der Waals surface area contributed by atoms with E-state index in [1.165, 1.54) is 16.9 Å². The highest BCUT2D eigenvalue weighted by molar-refractivity contribution is 7.11. The molecule has 0 aliphatic carbocycles. The van der Waals surface area contributed by atoms with E-state index in [1.807, 2.05) is 29.7 Å². The molecule has 5 heteroatoms. The summed E-state index contributed by atoms with van der Waals surface area (Å²) in [7, 11) is 0. The number of hydrogen-bond donors (Lipinski definition) is 0. The molecule has 0 aliphatic heterocycles. The maximum absolute atomic E-state index is 9.56. The third-order valence-electron chi connectivity index (χ3n) is 3.98. The summed E-state index contributed by atoms with van der Waals surface area (Å²) < 4.78 is 0. The second-order valence-corrected chi connectivity index (χ2v) is 7.85. The SMILES string of the molecule is CC(C)c1ccc(/C=C(\C#N)c2nc(-c3ccc(Cl)cc3Cl)cs2)cc1. The Morgan fingerprint density at radius 2 is 1.88 bits per heavy atom. The van der Waals surface area contributed by atoms with Gasteiger partial charge in [-0.05, 0) is 41.3 Å². The first-order valence-corrected chi connectivity index (χ1v) is 9.74. The normalized spacial score (nSPS) is 11.6. The lowest BCUT2D eigenvalue weighted by Crippen LogP contribution is -1.87. The molecule has 26 heavy (non-hydrogen) atoms. The maximum Gasteiger partial charge on any atom is 0.134 e. The summed E-state index contributed by atoms with van der Waals surface area (Å²) in [6.45, 7) is 4.31. The molecule has 2 aromatic carbocycles. The molecule has 0 saturated carbocycles. The molecule has 1 heterocycles. The molecule has 0 bridgehead atoms. The van der Waals surface area contributed by atoms with E-state index in [9.17, 15) is 5.26 Å². The van der Waals surface area contributed by atoms with Gasteiger partial charge in [0.05, 0.1) is 16.3 Å². The molecule has 3 rings (SSSR count). The number of hydrogen-bond acceptors (Lipinski definition) is 3. The van der Waals surface area contributed by atoms with Gasteiger partial charge in [-0.1, -0.05) is 61.3 Å². The van der Waals surface area contributed by atoms with E-state index in [4.69, 9.17) is 23.2 Å². The molecule has 0 saturated heterocycles. The minimum atomic E-state index is 0.481. The van der Waals surface area contributed by atoms with E-state index in [1.54, 1.807) is 12.1 Å². The summed E-state index contributed by atoms with van der Waals surface area (Å²) in [4.78, 5) is 4.58. The van der Waals surface area contributed by atoms with Crippen LogP contribution in [0.5, 0.6) is 0 Å². The molecule has 0 fully saturated rings. The minimum absolute atomic E-state index is 0.481. The summed E-state index contributed by atoms with van der Waals surface area (Å²) >= 11 is 13.6. The van der Waals surface area contributed by atoms with Gasteiger partial charge in [0.15, 0.2) is 0 Å². The molecule has 0 aliphatic rings. The van der Waals surface area contributed by atoms with Crippen molar-refractivity contribution in [3.63, 3.8) is 0 Å². The number of benzene rings is 2. The van der Waals surface area contributed by atoms with Crippen LogP contribution < -0.4 is 0 Å². The second kappa shape index (κ2) is 8.05. The molecular weight excluding hydrogens is 383 g/mol. The summed E-state index contributed by atoms with van der Waals surface area (Å²) in [6.07, 6.45) is 1.86. The topological polar surface area (TPSA) is 36.7 Å². The van der Waals surface area contributed by atoms with E-state index in [2.05, 4.69) is 37.0 Å². The number of nitriles is 1. The first-order valence-electron chi connectivity index (χ1n) is 8.11. The number of rotatable bonds is 4. The Morgan fingerprint density at radius 3 is 2.50 bits per heavy atom. The molecule has 2 nitrogen and oxygen atoms in total. The molecule has 0 N–H and O–H groups in total. The molecule has 0 spiro atoms. The van der Waals surface area contributed by atoms with Gasteiger partial charge >= 0.3 is 0 Å². The molecule has 0 radical (unpaired) electrons. The van der Waals surface area contributed by atoms with Gasteiger partial charge in [0.25, 0.3) is 0 Å². The zero-order chi connectivity index (χ0) is 18.7. The highest BCUT2D eigenvalue weighted by atomic mass is 35.5. The Balaban J connectivity index is 1.92. The highest BCUT2D eigenvalue weighted by Gasteiger charge is 2.12. The van der Waals surface area contributed by atoms with Crippen LogP contribution in [0.15, 0.2) is 47.8 Å². The van der Waals surface area contributed by atoms with Crippen LogP contribution in [0, 0.1) is 11.3 Å². The smallest absolute Gasteiger partial charge is 0.134 e. The fourth-order valence-corrected chi connectivity index (χ4v) is 3.79. The van der Waals surface area contributed by atoms with Gasteiger partial charge < -0.3 is 0 Å². The standard InChI is InChI=1S/C21H16Cl2N2S/c1-13(2)15-5-3-14(4-6-15)9-16(11-24)21-25-20(12-26-21)18-8-7-17(22)10-19(18)23/h3-10,12-13H,1-2H3/b16-9+. The minimum Gasteiger partial charge on any atom is -0.235 e. The lowest BCUT2D eigenvalue weighted by atomic mass is 10.0. The number of allylic oxidation sites excluding steroid dienone is 1. The Morgan fingerprint density at radius 1 is 1.15 bits per heavy atom. The van der Waals surface area contributed by atoms with Crippen molar-refractivity contribution in [2.75, 3.05) is 0 Å². The lowest BCUT2D eigenvalue weighted by Gasteiger charge is -2.05. The van der Waals surface area contributed by atoms with Gasteiger partial charge in [0.1, 0.15) is 11.1 Å². The van der Waals surface area contributed by atoms with Crippen molar-refractivity contribution >= 4 is 46.2 Å². The van der Waals surface area contributed by atoms with E-state index in [0.29, 0.717) is 26.5 Å². The largest absolute Gasteiger partial charge is 0.235 e. The zero-order valence-corrected chi connectivity index (χ0v) is 16.7. The maximum atomic E-state index is 9.56. The van der Waals surface area contributed by atoms with Gasteiger partial charge in [-0.3, -0.25) is 0 Å². The number of halogens is 2. The van der Waals surface area contributed by atoms with Crippen LogP contribution >= 0.6 is 34.5 Å². The fraction of sp³-hybridized carbons (Fsp3) is 0.143. The Bertz CT molecular complexity index is 996. The van der Waals surface area contributed by atoms with Crippen LogP contribution in [-0.2, 0) is 0 Å². The Kier molecular flexibility index (Phi) is 5.78. The average molecular weight is 399 g/mol. The van der Waals surface area contributed by atoms with Crippen molar-refractivity contribution in [2.24, 2.45) is 0 Å². The number of thiazole rings is 1. The van der Waals surface area contributed by atoms with E-state index in [-0.39, 0.29) is 0 Å². The first kappa shape index (κ1) is 18.7.